The van der Waals surface area contributed by atoms with Gasteiger partial charge in [-0.1, -0.05) is 37.0 Å². The van der Waals surface area contributed by atoms with E-state index in [-0.39, 0.29) is 11.6 Å². The van der Waals surface area contributed by atoms with Gasteiger partial charge in [-0.05, 0) is 42.7 Å². The molecule has 2 N–H and O–H groups in total. The van der Waals surface area contributed by atoms with Crippen LogP contribution in [0.15, 0.2) is 30.3 Å². The van der Waals surface area contributed by atoms with Crippen molar-refractivity contribution >= 4 is 40.6 Å². The zero-order valence-corrected chi connectivity index (χ0v) is 14.4. The highest BCUT2D eigenvalue weighted by Gasteiger charge is 2.09. The second-order valence-corrected chi connectivity index (χ2v) is 6.34. The molecular formula is C16H18Cl2N4O. The van der Waals surface area contributed by atoms with Crippen LogP contribution in [0.25, 0.3) is 0 Å². The number of hydrogen-bond acceptors (Lipinski definition) is 4. The Hall–Kier alpha value is -1.85. The summed E-state index contributed by atoms with van der Waals surface area (Å²) < 4.78 is 0. The molecule has 1 aromatic heterocycles. The van der Waals surface area contributed by atoms with Crippen molar-refractivity contribution in [3.8, 4) is 0 Å². The van der Waals surface area contributed by atoms with E-state index in [1.54, 1.807) is 30.3 Å². The second-order valence-electron chi connectivity index (χ2n) is 5.49. The van der Waals surface area contributed by atoms with Gasteiger partial charge in [-0.2, -0.15) is 0 Å². The molecule has 0 saturated carbocycles. The number of benzene rings is 1. The largest absolute Gasteiger partial charge is 0.351 e. The minimum atomic E-state index is -0.231. The molecule has 0 spiro atoms. The van der Waals surface area contributed by atoms with E-state index in [1.165, 1.54) is 0 Å². The number of carbonyl (C=O) groups is 1. The van der Waals surface area contributed by atoms with Crippen molar-refractivity contribution in [1.29, 1.82) is 0 Å². The molecule has 23 heavy (non-hydrogen) atoms. The maximum absolute atomic E-state index is 11.9. The molecule has 2 aromatic rings. The molecule has 0 bridgehead atoms. The average Bonchev–Trinajstić information content (AvgIpc) is 2.51. The van der Waals surface area contributed by atoms with Gasteiger partial charge < -0.3 is 10.6 Å². The lowest BCUT2D eigenvalue weighted by atomic mass is 10.1. The van der Waals surface area contributed by atoms with E-state index >= 15 is 0 Å². The zero-order chi connectivity index (χ0) is 16.8. The molecular weight excluding hydrogens is 335 g/mol. The van der Waals surface area contributed by atoms with E-state index in [0.717, 1.165) is 6.42 Å². The Bertz CT molecular complexity index is 674. The lowest BCUT2D eigenvalue weighted by molar-refractivity contribution is 0.0946. The fraction of sp³-hybridized carbons (Fsp3) is 0.312. The maximum Gasteiger partial charge on any atom is 0.271 e. The van der Waals surface area contributed by atoms with Gasteiger partial charge in [0.2, 0.25) is 0 Å². The third kappa shape index (κ3) is 5.37. The molecule has 122 valence electrons. The van der Waals surface area contributed by atoms with Gasteiger partial charge in [0.15, 0.2) is 11.5 Å². The van der Waals surface area contributed by atoms with Crippen LogP contribution < -0.4 is 10.6 Å². The van der Waals surface area contributed by atoms with Crippen LogP contribution in [-0.2, 0) is 0 Å². The lowest BCUT2D eigenvalue weighted by Gasteiger charge is -2.09. The summed E-state index contributed by atoms with van der Waals surface area (Å²) in [6.45, 7) is 4.83. The summed E-state index contributed by atoms with van der Waals surface area (Å²) in [6, 6.07) is 8.36. The first-order chi connectivity index (χ1) is 11.0. The van der Waals surface area contributed by atoms with E-state index in [0.29, 0.717) is 34.0 Å². The van der Waals surface area contributed by atoms with Crippen molar-refractivity contribution in [2.24, 2.45) is 5.92 Å². The van der Waals surface area contributed by atoms with Crippen LogP contribution in [0.3, 0.4) is 0 Å². The maximum atomic E-state index is 11.9. The van der Waals surface area contributed by atoms with Crippen LogP contribution >= 0.6 is 23.2 Å². The average molecular weight is 353 g/mol. The van der Waals surface area contributed by atoms with Crippen molar-refractivity contribution in [3.63, 3.8) is 0 Å². The highest BCUT2D eigenvalue weighted by molar-refractivity contribution is 6.35. The summed E-state index contributed by atoms with van der Waals surface area (Å²) >= 11 is 12.0. The van der Waals surface area contributed by atoms with Crippen molar-refractivity contribution in [2.75, 3.05) is 11.9 Å². The normalized spacial score (nSPS) is 10.7. The summed E-state index contributed by atoms with van der Waals surface area (Å²) in [6.07, 6.45) is 0.923. The van der Waals surface area contributed by atoms with Gasteiger partial charge in [0.05, 0.1) is 10.7 Å². The number of anilines is 2. The standard InChI is InChI=1S/C16H18Cl2N4O/c1-10(2)7-8-19-16(23)13-5-6-15(22-21-13)20-14-9-11(17)3-4-12(14)18/h3-6,9-10H,7-8H2,1-2H3,(H,19,23)(H,20,22). The summed E-state index contributed by atoms with van der Waals surface area (Å²) in [5, 5.41) is 14.8. The second kappa shape index (κ2) is 8.13. The van der Waals surface area contributed by atoms with Gasteiger partial charge in [-0.3, -0.25) is 4.79 Å². The Morgan fingerprint density at radius 2 is 1.96 bits per heavy atom. The zero-order valence-electron chi connectivity index (χ0n) is 12.9. The molecule has 1 aromatic carbocycles. The monoisotopic (exact) mass is 352 g/mol. The number of hydrogen-bond donors (Lipinski definition) is 2. The van der Waals surface area contributed by atoms with Crippen LogP contribution in [0, 0.1) is 5.92 Å². The van der Waals surface area contributed by atoms with E-state index in [2.05, 4.69) is 34.7 Å². The molecule has 5 nitrogen and oxygen atoms in total. The molecule has 1 heterocycles. The topological polar surface area (TPSA) is 66.9 Å². The quantitative estimate of drug-likeness (QED) is 0.812. The van der Waals surface area contributed by atoms with Gasteiger partial charge in [-0.25, -0.2) is 0 Å². The van der Waals surface area contributed by atoms with E-state index in [1.807, 2.05) is 0 Å². The predicted molar refractivity (Wildman–Crippen MR) is 93.6 cm³/mol. The molecule has 0 aliphatic carbocycles. The Balaban J connectivity index is 1.99. The number of carbonyl (C=O) groups excluding carboxylic acids is 1. The molecule has 0 saturated heterocycles. The highest BCUT2D eigenvalue weighted by atomic mass is 35.5. The summed E-state index contributed by atoms with van der Waals surface area (Å²) in [5.74, 6) is 0.786. The van der Waals surface area contributed by atoms with Gasteiger partial charge >= 0.3 is 0 Å². The van der Waals surface area contributed by atoms with Crippen LogP contribution in [0.4, 0.5) is 11.5 Å². The van der Waals surface area contributed by atoms with Crippen LogP contribution in [-0.4, -0.2) is 22.6 Å². The first-order valence-electron chi connectivity index (χ1n) is 7.29. The fourth-order valence-electron chi connectivity index (χ4n) is 1.82. The van der Waals surface area contributed by atoms with Crippen molar-refractivity contribution < 1.29 is 4.79 Å². The van der Waals surface area contributed by atoms with Crippen molar-refractivity contribution in [2.45, 2.75) is 20.3 Å². The third-order valence-electron chi connectivity index (χ3n) is 3.10. The smallest absolute Gasteiger partial charge is 0.271 e. The first-order valence-corrected chi connectivity index (χ1v) is 8.05. The number of amides is 1. The molecule has 0 radical (unpaired) electrons. The molecule has 0 atom stereocenters. The molecule has 0 aliphatic rings. The van der Waals surface area contributed by atoms with Gasteiger partial charge in [0, 0.05) is 11.6 Å². The summed E-state index contributed by atoms with van der Waals surface area (Å²) in [5.41, 5.74) is 0.902. The minimum Gasteiger partial charge on any atom is -0.351 e. The number of nitrogens with zero attached hydrogens (tertiary/aromatic N) is 2. The van der Waals surface area contributed by atoms with Gasteiger partial charge in [0.1, 0.15) is 0 Å². The SMILES string of the molecule is CC(C)CCNC(=O)c1ccc(Nc2cc(Cl)ccc2Cl)nn1. The van der Waals surface area contributed by atoms with Crippen molar-refractivity contribution in [3.05, 3.63) is 46.1 Å². The summed E-state index contributed by atoms with van der Waals surface area (Å²) in [7, 11) is 0. The minimum absolute atomic E-state index is 0.231. The van der Waals surface area contributed by atoms with Gasteiger partial charge in [-0.15, -0.1) is 10.2 Å². The number of aromatic nitrogens is 2. The fourth-order valence-corrected chi connectivity index (χ4v) is 2.15. The molecule has 0 aliphatic heterocycles. The first kappa shape index (κ1) is 17.5. The van der Waals surface area contributed by atoms with Crippen molar-refractivity contribution in [1.82, 2.24) is 15.5 Å². The van der Waals surface area contributed by atoms with E-state index < -0.39 is 0 Å². The number of rotatable bonds is 6. The lowest BCUT2D eigenvalue weighted by Crippen LogP contribution is -2.26. The molecule has 1 amide bonds. The molecule has 0 fully saturated rings. The Kier molecular flexibility index (Phi) is 6.19. The van der Waals surface area contributed by atoms with Crippen LogP contribution in [0.2, 0.25) is 10.0 Å². The molecule has 7 heteroatoms. The van der Waals surface area contributed by atoms with E-state index in [9.17, 15) is 4.79 Å². The Morgan fingerprint density at radius 1 is 1.17 bits per heavy atom. The molecule has 0 unspecified atom stereocenters. The number of nitrogens with one attached hydrogen (secondary N) is 2. The van der Waals surface area contributed by atoms with E-state index in [4.69, 9.17) is 23.2 Å². The summed E-state index contributed by atoms with van der Waals surface area (Å²) in [4.78, 5) is 11.9. The van der Waals surface area contributed by atoms with Crippen LogP contribution in [0.5, 0.6) is 0 Å². The third-order valence-corrected chi connectivity index (χ3v) is 3.66. The van der Waals surface area contributed by atoms with Gasteiger partial charge in [0.25, 0.3) is 5.91 Å². The Labute approximate surface area is 145 Å². The molecule has 2 rings (SSSR count). The predicted octanol–water partition coefficient (Wildman–Crippen LogP) is 4.30. The Morgan fingerprint density at radius 3 is 2.61 bits per heavy atom. The number of halogens is 2. The highest BCUT2D eigenvalue weighted by Crippen LogP contribution is 2.27. The van der Waals surface area contributed by atoms with Crippen LogP contribution in [0.1, 0.15) is 30.8 Å².